The molecule has 146 valence electrons. The first-order chi connectivity index (χ1) is 12.8. The molecule has 1 aliphatic heterocycles. The first-order valence-corrected chi connectivity index (χ1v) is 10.4. The molecule has 0 atom stereocenters. The van der Waals surface area contributed by atoms with Crippen LogP contribution in [0.1, 0.15) is 29.4 Å². The molecule has 9 heteroatoms. The van der Waals surface area contributed by atoms with Crippen molar-refractivity contribution in [2.45, 2.75) is 31.7 Å². The van der Waals surface area contributed by atoms with Gasteiger partial charge >= 0.3 is 0 Å². The van der Waals surface area contributed by atoms with Gasteiger partial charge in [-0.1, -0.05) is 19.1 Å². The molecule has 2 heterocycles. The van der Waals surface area contributed by atoms with Gasteiger partial charge in [-0.15, -0.1) is 0 Å². The minimum atomic E-state index is -3.67. The number of aromatic nitrogens is 2. The predicted molar refractivity (Wildman–Crippen MR) is 98.3 cm³/mol. The van der Waals surface area contributed by atoms with Crippen molar-refractivity contribution in [2.75, 3.05) is 26.2 Å². The molecule has 27 heavy (non-hydrogen) atoms. The van der Waals surface area contributed by atoms with Gasteiger partial charge in [-0.2, -0.15) is 9.40 Å². The summed E-state index contributed by atoms with van der Waals surface area (Å²) in [5.41, 5.74) is 0.471. The van der Waals surface area contributed by atoms with E-state index in [1.54, 1.807) is 23.9 Å². The van der Waals surface area contributed by atoms with E-state index in [0.29, 0.717) is 12.2 Å². The van der Waals surface area contributed by atoms with E-state index in [1.165, 1.54) is 27.4 Å². The maximum Gasteiger partial charge on any atom is 0.256 e. The van der Waals surface area contributed by atoms with E-state index in [2.05, 4.69) is 5.10 Å². The second kappa shape index (κ2) is 7.77. The van der Waals surface area contributed by atoms with E-state index in [-0.39, 0.29) is 36.6 Å². The Labute approximate surface area is 158 Å². The Morgan fingerprint density at radius 1 is 1.19 bits per heavy atom. The molecular formula is C18H23FN4O3S. The highest BCUT2D eigenvalue weighted by atomic mass is 32.2. The van der Waals surface area contributed by atoms with Gasteiger partial charge in [0.1, 0.15) is 10.7 Å². The Hall–Kier alpha value is -2.26. The third-order valence-electron chi connectivity index (χ3n) is 4.60. The lowest BCUT2D eigenvalue weighted by Gasteiger charge is -2.34. The fourth-order valence-electron chi connectivity index (χ4n) is 3.17. The van der Waals surface area contributed by atoms with Crippen molar-refractivity contribution in [2.24, 2.45) is 0 Å². The molecule has 0 bridgehead atoms. The Kier molecular flexibility index (Phi) is 5.61. The van der Waals surface area contributed by atoms with Crippen molar-refractivity contribution in [1.82, 2.24) is 19.0 Å². The summed E-state index contributed by atoms with van der Waals surface area (Å²) < 4.78 is 42.7. The zero-order valence-electron chi connectivity index (χ0n) is 15.4. The highest BCUT2D eigenvalue weighted by Gasteiger charge is 2.33. The monoisotopic (exact) mass is 394 g/mol. The van der Waals surface area contributed by atoms with Gasteiger partial charge < -0.3 is 4.90 Å². The number of amides is 1. The van der Waals surface area contributed by atoms with E-state index < -0.39 is 21.7 Å². The predicted octanol–water partition coefficient (Wildman–Crippen LogP) is 1.89. The number of hydrogen-bond acceptors (Lipinski definition) is 4. The van der Waals surface area contributed by atoms with Crippen LogP contribution in [0.5, 0.6) is 0 Å². The second-order valence-electron chi connectivity index (χ2n) is 6.52. The highest BCUT2D eigenvalue weighted by Crippen LogP contribution is 2.21. The average molecular weight is 394 g/mol. The van der Waals surface area contributed by atoms with Gasteiger partial charge in [0.25, 0.3) is 5.91 Å². The summed E-state index contributed by atoms with van der Waals surface area (Å²) in [5.74, 6) is -0.992. The molecule has 1 fully saturated rings. The number of aryl methyl sites for hydroxylation is 2. The van der Waals surface area contributed by atoms with Crippen molar-refractivity contribution in [1.29, 1.82) is 0 Å². The van der Waals surface area contributed by atoms with Crippen LogP contribution in [-0.2, 0) is 16.6 Å². The molecule has 3 rings (SSSR count). The fourth-order valence-corrected chi connectivity index (χ4v) is 4.76. The van der Waals surface area contributed by atoms with Gasteiger partial charge in [-0.3, -0.25) is 9.48 Å². The molecule has 0 spiro atoms. The summed E-state index contributed by atoms with van der Waals surface area (Å²) >= 11 is 0. The molecule has 1 amide bonds. The minimum Gasteiger partial charge on any atom is -0.336 e. The lowest BCUT2D eigenvalue weighted by atomic mass is 10.1. The number of benzene rings is 1. The maximum atomic E-state index is 13.8. The van der Waals surface area contributed by atoms with Crippen LogP contribution in [0.3, 0.4) is 0 Å². The van der Waals surface area contributed by atoms with E-state index in [1.807, 2.05) is 6.92 Å². The third-order valence-corrected chi connectivity index (χ3v) is 6.60. The lowest BCUT2D eigenvalue weighted by molar-refractivity contribution is 0.0693. The number of piperazine rings is 1. The summed E-state index contributed by atoms with van der Waals surface area (Å²) in [6.45, 7) is 5.10. The van der Waals surface area contributed by atoms with Crippen LogP contribution < -0.4 is 0 Å². The SMILES string of the molecule is CCCn1cc(S(=O)(=O)N2CCN(C(=O)c3ccccc3F)CC2)c(C)n1. The Bertz CT molecular complexity index is 934. The number of hydrogen-bond donors (Lipinski definition) is 0. The van der Waals surface area contributed by atoms with Crippen LogP contribution in [0.25, 0.3) is 0 Å². The largest absolute Gasteiger partial charge is 0.336 e. The van der Waals surface area contributed by atoms with Crippen LogP contribution in [0, 0.1) is 12.7 Å². The average Bonchev–Trinajstić information content (AvgIpc) is 3.03. The number of carbonyl (C=O) groups is 1. The molecule has 0 N–H and O–H groups in total. The first-order valence-electron chi connectivity index (χ1n) is 8.92. The first kappa shape index (κ1) is 19.5. The zero-order valence-corrected chi connectivity index (χ0v) is 16.2. The lowest BCUT2D eigenvalue weighted by Crippen LogP contribution is -2.50. The standard InChI is InChI=1S/C18H23FN4O3S/c1-3-8-22-13-17(14(2)20-22)27(25,26)23-11-9-21(10-12-23)18(24)15-6-4-5-7-16(15)19/h4-7,13H,3,8-12H2,1-2H3. The molecule has 7 nitrogen and oxygen atoms in total. The normalized spacial score (nSPS) is 15.9. The van der Waals surface area contributed by atoms with Crippen molar-refractivity contribution in [3.63, 3.8) is 0 Å². The van der Waals surface area contributed by atoms with Crippen LogP contribution in [0.15, 0.2) is 35.4 Å². The third kappa shape index (κ3) is 3.89. The van der Waals surface area contributed by atoms with E-state index in [0.717, 1.165) is 6.42 Å². The summed E-state index contributed by atoms with van der Waals surface area (Å²) in [5, 5.41) is 4.26. The van der Waals surface area contributed by atoms with Gasteiger partial charge in [0, 0.05) is 38.9 Å². The Balaban J connectivity index is 1.71. The van der Waals surface area contributed by atoms with Crippen molar-refractivity contribution >= 4 is 15.9 Å². The minimum absolute atomic E-state index is 0.00509. The summed E-state index contributed by atoms with van der Waals surface area (Å²) in [6, 6.07) is 5.81. The summed E-state index contributed by atoms with van der Waals surface area (Å²) in [6.07, 6.45) is 2.42. The van der Waals surface area contributed by atoms with Crippen molar-refractivity contribution in [3.05, 3.63) is 47.5 Å². The molecule has 1 aliphatic rings. The number of nitrogens with zero attached hydrogens (tertiary/aromatic N) is 4. The smallest absolute Gasteiger partial charge is 0.256 e. The molecule has 1 aromatic heterocycles. The fraction of sp³-hybridized carbons (Fsp3) is 0.444. The summed E-state index contributed by atoms with van der Waals surface area (Å²) in [4.78, 5) is 14.2. The van der Waals surface area contributed by atoms with Crippen LogP contribution in [0.4, 0.5) is 4.39 Å². The maximum absolute atomic E-state index is 13.8. The van der Waals surface area contributed by atoms with Crippen molar-refractivity contribution < 1.29 is 17.6 Å². The van der Waals surface area contributed by atoms with Gasteiger partial charge in [0.15, 0.2) is 0 Å². The van der Waals surface area contributed by atoms with Crippen molar-refractivity contribution in [3.8, 4) is 0 Å². The topological polar surface area (TPSA) is 75.5 Å². The van der Waals surface area contributed by atoms with Crippen LogP contribution in [0.2, 0.25) is 0 Å². The van der Waals surface area contributed by atoms with Crippen LogP contribution in [-0.4, -0.2) is 59.5 Å². The van der Waals surface area contributed by atoms with Gasteiger partial charge in [0.05, 0.1) is 11.3 Å². The highest BCUT2D eigenvalue weighted by molar-refractivity contribution is 7.89. The van der Waals surface area contributed by atoms with Crippen LogP contribution >= 0.6 is 0 Å². The zero-order chi connectivity index (χ0) is 19.6. The Morgan fingerprint density at radius 3 is 2.48 bits per heavy atom. The summed E-state index contributed by atoms with van der Waals surface area (Å²) in [7, 11) is -3.67. The van der Waals surface area contributed by atoms with Gasteiger partial charge in [0.2, 0.25) is 10.0 Å². The molecular weight excluding hydrogens is 371 g/mol. The van der Waals surface area contributed by atoms with E-state index in [4.69, 9.17) is 0 Å². The Morgan fingerprint density at radius 2 is 1.85 bits per heavy atom. The second-order valence-corrected chi connectivity index (χ2v) is 8.42. The van der Waals surface area contributed by atoms with E-state index >= 15 is 0 Å². The molecule has 0 radical (unpaired) electrons. The quantitative estimate of drug-likeness (QED) is 0.776. The van der Waals surface area contributed by atoms with E-state index in [9.17, 15) is 17.6 Å². The molecule has 1 saturated heterocycles. The number of sulfonamides is 1. The number of carbonyl (C=O) groups excluding carboxylic acids is 1. The molecule has 0 aliphatic carbocycles. The molecule has 0 saturated carbocycles. The van der Waals surface area contributed by atoms with Gasteiger partial charge in [-0.25, -0.2) is 12.8 Å². The molecule has 2 aromatic rings. The molecule has 0 unspecified atom stereocenters. The number of halogens is 1. The number of rotatable bonds is 5. The molecule has 1 aromatic carbocycles. The van der Waals surface area contributed by atoms with Gasteiger partial charge in [-0.05, 0) is 25.5 Å².